The number of hydrogen-bond acceptors (Lipinski definition) is 5. The van der Waals surface area contributed by atoms with Gasteiger partial charge in [-0.15, -0.1) is 6.58 Å². The van der Waals surface area contributed by atoms with Gasteiger partial charge in [0.25, 0.3) is 0 Å². The van der Waals surface area contributed by atoms with Crippen LogP contribution < -0.4 is 5.32 Å². The molecule has 1 fully saturated rings. The number of likely N-dealkylation sites (tertiary alicyclic amines) is 1. The number of piperidine rings is 1. The molecule has 0 radical (unpaired) electrons. The monoisotopic (exact) mass is 480 g/mol. The number of ether oxygens (including phenoxy) is 1. The minimum absolute atomic E-state index is 0.0692. The topological polar surface area (TPSA) is 66.8 Å². The molecule has 0 saturated carbocycles. The van der Waals surface area contributed by atoms with Crippen molar-refractivity contribution in [2.45, 2.75) is 57.6 Å². The second-order valence-corrected chi connectivity index (χ2v) is 11.2. The molecule has 1 amide bonds. The Balaban J connectivity index is 1.62. The van der Waals surface area contributed by atoms with Crippen LogP contribution in [0.1, 0.15) is 50.7 Å². The first-order chi connectivity index (χ1) is 16.6. The SMILES string of the molecule is C=CCN1C[C@H](C(=O)NCCCN(C)C)C[C@@H]2c3cccc4c3c(cn4C(=O)OC(C)(C)C)C[C@H]21. The lowest BCUT2D eigenvalue weighted by Gasteiger charge is -2.46. The number of carbonyl (C=O) groups excluding carboxylic acids is 2. The summed E-state index contributed by atoms with van der Waals surface area (Å²) in [6.45, 7) is 12.7. The number of nitrogens with one attached hydrogen (secondary N) is 1. The second-order valence-electron chi connectivity index (χ2n) is 11.2. The average molecular weight is 481 g/mol. The molecule has 0 bridgehead atoms. The van der Waals surface area contributed by atoms with Gasteiger partial charge in [-0.3, -0.25) is 14.3 Å². The molecular weight excluding hydrogens is 440 g/mol. The summed E-state index contributed by atoms with van der Waals surface area (Å²) in [4.78, 5) is 30.7. The number of rotatable bonds is 7. The zero-order chi connectivity index (χ0) is 25.3. The van der Waals surface area contributed by atoms with E-state index in [1.807, 2.05) is 59.3 Å². The quantitative estimate of drug-likeness (QED) is 0.479. The average Bonchev–Trinajstić information content (AvgIpc) is 3.16. The lowest BCUT2D eigenvalue weighted by atomic mass is 9.72. The van der Waals surface area contributed by atoms with Gasteiger partial charge in [0.05, 0.1) is 11.4 Å². The van der Waals surface area contributed by atoms with Gasteiger partial charge >= 0.3 is 6.09 Å². The number of amides is 1. The van der Waals surface area contributed by atoms with E-state index in [0.717, 1.165) is 49.8 Å². The zero-order valence-electron chi connectivity index (χ0n) is 21.8. The molecule has 2 heterocycles. The van der Waals surface area contributed by atoms with Gasteiger partial charge in [0, 0.05) is 43.2 Å². The van der Waals surface area contributed by atoms with E-state index >= 15 is 0 Å². The van der Waals surface area contributed by atoms with Crippen LogP contribution in [-0.2, 0) is 16.0 Å². The molecule has 0 unspecified atom stereocenters. The van der Waals surface area contributed by atoms with Crippen LogP contribution in [0.5, 0.6) is 0 Å². The summed E-state index contributed by atoms with van der Waals surface area (Å²) in [7, 11) is 4.09. The van der Waals surface area contributed by atoms with Gasteiger partial charge in [0.15, 0.2) is 0 Å². The molecule has 2 aliphatic rings. The Morgan fingerprint density at radius 3 is 2.74 bits per heavy atom. The molecule has 1 aromatic carbocycles. The first-order valence-electron chi connectivity index (χ1n) is 12.7. The Morgan fingerprint density at radius 2 is 2.06 bits per heavy atom. The van der Waals surface area contributed by atoms with Gasteiger partial charge in [-0.2, -0.15) is 0 Å². The van der Waals surface area contributed by atoms with Crippen molar-refractivity contribution < 1.29 is 14.3 Å². The summed E-state index contributed by atoms with van der Waals surface area (Å²) >= 11 is 0. The molecule has 0 spiro atoms. The lowest BCUT2D eigenvalue weighted by molar-refractivity contribution is -0.127. The van der Waals surface area contributed by atoms with Crippen molar-refractivity contribution in [1.82, 2.24) is 19.7 Å². The van der Waals surface area contributed by atoms with E-state index in [9.17, 15) is 9.59 Å². The zero-order valence-corrected chi connectivity index (χ0v) is 21.8. The first kappa shape index (κ1) is 25.5. The van der Waals surface area contributed by atoms with Crippen LogP contribution in [0.25, 0.3) is 10.9 Å². The lowest BCUT2D eigenvalue weighted by Crippen LogP contribution is -2.53. The molecule has 7 nitrogen and oxygen atoms in total. The predicted octanol–water partition coefficient (Wildman–Crippen LogP) is 4.01. The summed E-state index contributed by atoms with van der Waals surface area (Å²) in [5, 5.41) is 4.31. The highest BCUT2D eigenvalue weighted by Gasteiger charge is 2.43. The van der Waals surface area contributed by atoms with E-state index in [1.54, 1.807) is 4.57 Å². The summed E-state index contributed by atoms with van der Waals surface area (Å²) in [6.07, 6.45) is 6.13. The van der Waals surface area contributed by atoms with Crippen molar-refractivity contribution >= 4 is 22.9 Å². The van der Waals surface area contributed by atoms with Crippen LogP contribution in [0.4, 0.5) is 4.79 Å². The van der Waals surface area contributed by atoms with Crippen LogP contribution in [0.2, 0.25) is 0 Å². The Morgan fingerprint density at radius 1 is 1.29 bits per heavy atom. The van der Waals surface area contributed by atoms with Crippen molar-refractivity contribution in [3.63, 3.8) is 0 Å². The number of aromatic nitrogens is 1. The minimum atomic E-state index is -0.562. The van der Waals surface area contributed by atoms with Crippen LogP contribution in [0.15, 0.2) is 37.1 Å². The minimum Gasteiger partial charge on any atom is -0.443 e. The number of benzene rings is 1. The highest BCUT2D eigenvalue weighted by atomic mass is 16.6. The molecule has 1 aliphatic carbocycles. The summed E-state index contributed by atoms with van der Waals surface area (Å²) in [5.74, 6) is 0.299. The van der Waals surface area contributed by atoms with Crippen LogP contribution in [0.3, 0.4) is 0 Å². The molecule has 1 N–H and O–H groups in total. The predicted molar refractivity (Wildman–Crippen MR) is 140 cm³/mol. The molecule has 2 aromatic rings. The van der Waals surface area contributed by atoms with E-state index < -0.39 is 5.60 Å². The van der Waals surface area contributed by atoms with E-state index in [4.69, 9.17) is 4.74 Å². The van der Waals surface area contributed by atoms with Crippen LogP contribution in [-0.4, -0.2) is 78.3 Å². The van der Waals surface area contributed by atoms with Gasteiger partial charge in [-0.25, -0.2) is 4.79 Å². The standard InChI is InChI=1S/C28H40N4O3/c1-7-13-31-17-20(26(33)29-12-9-14-30(5)6)15-22-21-10-8-11-23-25(21)19(16-24(22)31)18-32(23)27(34)35-28(2,3)4/h7-8,10-11,18,20,22,24H,1,9,12-17H2,2-6H3,(H,29,33)/t20-,22-,24-/m1/s1. The van der Waals surface area contributed by atoms with Gasteiger partial charge in [0.1, 0.15) is 5.60 Å². The second kappa shape index (κ2) is 10.2. The normalized spacial score (nSPS) is 22.2. The van der Waals surface area contributed by atoms with Crippen molar-refractivity contribution in [3.05, 3.63) is 48.2 Å². The third-order valence-corrected chi connectivity index (χ3v) is 7.10. The first-order valence-corrected chi connectivity index (χ1v) is 12.7. The Hall–Kier alpha value is -2.64. The van der Waals surface area contributed by atoms with Crippen LogP contribution >= 0.6 is 0 Å². The molecule has 1 aromatic heterocycles. The largest absolute Gasteiger partial charge is 0.443 e. The van der Waals surface area contributed by atoms with Crippen molar-refractivity contribution in [2.24, 2.45) is 5.92 Å². The third-order valence-electron chi connectivity index (χ3n) is 7.10. The maximum Gasteiger partial charge on any atom is 0.419 e. The molecule has 35 heavy (non-hydrogen) atoms. The van der Waals surface area contributed by atoms with Gasteiger partial charge in [-0.05, 0) is 77.9 Å². The van der Waals surface area contributed by atoms with E-state index in [-0.39, 0.29) is 29.9 Å². The third kappa shape index (κ3) is 5.46. The van der Waals surface area contributed by atoms with Gasteiger partial charge < -0.3 is 15.0 Å². The molecular formula is C28H40N4O3. The maximum atomic E-state index is 13.1. The molecule has 1 saturated heterocycles. The summed E-state index contributed by atoms with van der Waals surface area (Å²) < 4.78 is 7.34. The number of nitrogens with zero attached hydrogens (tertiary/aromatic N) is 3. The molecule has 1 aliphatic heterocycles. The fourth-order valence-corrected chi connectivity index (χ4v) is 5.68. The van der Waals surface area contributed by atoms with E-state index in [2.05, 4.69) is 27.8 Å². The fourth-order valence-electron chi connectivity index (χ4n) is 5.68. The number of carbonyl (C=O) groups is 2. The highest BCUT2D eigenvalue weighted by Crippen LogP contribution is 2.45. The molecule has 190 valence electrons. The van der Waals surface area contributed by atoms with Crippen LogP contribution in [0, 0.1) is 5.92 Å². The van der Waals surface area contributed by atoms with Gasteiger partial charge in [0.2, 0.25) is 5.91 Å². The highest BCUT2D eigenvalue weighted by molar-refractivity contribution is 5.95. The summed E-state index contributed by atoms with van der Waals surface area (Å²) in [5.41, 5.74) is 2.72. The summed E-state index contributed by atoms with van der Waals surface area (Å²) in [6, 6.07) is 6.46. The van der Waals surface area contributed by atoms with Crippen molar-refractivity contribution in [1.29, 1.82) is 0 Å². The molecule has 7 heteroatoms. The van der Waals surface area contributed by atoms with E-state index in [1.165, 1.54) is 11.1 Å². The maximum absolute atomic E-state index is 13.1. The smallest absolute Gasteiger partial charge is 0.419 e. The van der Waals surface area contributed by atoms with E-state index in [0.29, 0.717) is 6.54 Å². The fraction of sp³-hybridized carbons (Fsp3) is 0.571. The Bertz CT molecular complexity index is 1100. The Labute approximate surface area is 209 Å². The molecule has 3 atom stereocenters. The van der Waals surface area contributed by atoms with Gasteiger partial charge in [-0.1, -0.05) is 18.2 Å². The Kier molecular flexibility index (Phi) is 7.38. The van der Waals surface area contributed by atoms with Crippen molar-refractivity contribution in [3.8, 4) is 0 Å². The van der Waals surface area contributed by atoms with Crippen molar-refractivity contribution in [2.75, 3.05) is 40.3 Å². The number of hydrogen-bond donors (Lipinski definition) is 1. The number of fused-ring (bicyclic) bond motifs is 2. The molecule has 4 rings (SSSR count).